The summed E-state index contributed by atoms with van der Waals surface area (Å²) < 4.78 is 0. The molecule has 0 rings (SSSR count). The van der Waals surface area contributed by atoms with Crippen molar-refractivity contribution < 1.29 is 0 Å². The maximum Gasteiger partial charge on any atom is 0.0480 e. The van der Waals surface area contributed by atoms with Gasteiger partial charge in [-0.05, 0) is 18.9 Å². The van der Waals surface area contributed by atoms with Gasteiger partial charge in [-0.3, -0.25) is 0 Å². The van der Waals surface area contributed by atoms with E-state index in [0.717, 1.165) is 19.3 Å². The van der Waals surface area contributed by atoms with E-state index < -0.39 is 8.07 Å². The van der Waals surface area contributed by atoms with Crippen molar-refractivity contribution in [1.82, 2.24) is 0 Å². The number of unbranched alkanes of at least 4 members (excludes halogenated alkanes) is 5. The average Bonchev–Trinajstić information content (AvgIpc) is 2.24. The molecule has 0 fully saturated rings. The molecular formula is C16H30Si. The predicted molar refractivity (Wildman–Crippen MR) is 83.1 cm³/mol. The molecular weight excluding hydrogens is 220 g/mol. The van der Waals surface area contributed by atoms with E-state index in [0.29, 0.717) is 0 Å². The fraction of sp³-hybridized carbons (Fsp3) is 0.750. The second kappa shape index (κ2) is 10.7. The van der Waals surface area contributed by atoms with Crippen LogP contribution in [0.2, 0.25) is 25.7 Å². The van der Waals surface area contributed by atoms with Crippen LogP contribution in [0.25, 0.3) is 0 Å². The van der Waals surface area contributed by atoms with Crippen molar-refractivity contribution in [3.05, 3.63) is 12.2 Å². The van der Waals surface area contributed by atoms with Gasteiger partial charge in [0, 0.05) is 20.9 Å². The first-order valence-electron chi connectivity index (χ1n) is 7.17. The topological polar surface area (TPSA) is 0 Å². The molecule has 0 saturated heterocycles. The Balaban J connectivity index is 3.36. The number of allylic oxidation sites excluding steroid dienone is 2. The van der Waals surface area contributed by atoms with Crippen LogP contribution >= 0.6 is 0 Å². The van der Waals surface area contributed by atoms with Crippen LogP contribution in [-0.4, -0.2) is 8.07 Å². The minimum Gasteiger partial charge on any atom is -0.103 e. The van der Waals surface area contributed by atoms with Crippen LogP contribution < -0.4 is 0 Å². The second-order valence-corrected chi connectivity index (χ2v) is 11.5. The highest BCUT2D eigenvalue weighted by molar-refractivity contribution is 6.76. The molecule has 0 nitrogen and oxygen atoms in total. The zero-order chi connectivity index (χ0) is 13.0. The lowest BCUT2D eigenvalue weighted by atomic mass is 10.1. The zero-order valence-corrected chi connectivity index (χ0v) is 13.3. The third-order valence-corrected chi connectivity index (χ3v) is 4.07. The lowest BCUT2D eigenvalue weighted by Crippen LogP contribution is -2.17. The first-order valence-corrected chi connectivity index (χ1v) is 10.9. The molecule has 0 aliphatic carbocycles. The van der Waals surface area contributed by atoms with E-state index in [9.17, 15) is 0 Å². The van der Waals surface area contributed by atoms with Gasteiger partial charge in [-0.2, -0.15) is 0 Å². The molecule has 0 aromatic heterocycles. The highest BCUT2D eigenvalue weighted by Gasteiger charge is 2.08. The highest BCUT2D eigenvalue weighted by atomic mass is 28.3. The molecule has 0 atom stereocenters. The molecule has 0 aromatic carbocycles. The molecule has 0 aromatic rings. The summed E-state index contributed by atoms with van der Waals surface area (Å²) in [4.78, 5) is 0. The van der Waals surface area contributed by atoms with Crippen LogP contribution in [-0.2, 0) is 0 Å². The van der Waals surface area contributed by atoms with Crippen molar-refractivity contribution >= 4 is 8.07 Å². The SMILES string of the molecule is CCCCCCC#CCC/C=C/C[Si](C)(C)C. The third-order valence-electron chi connectivity index (χ3n) is 2.61. The van der Waals surface area contributed by atoms with Gasteiger partial charge in [0.2, 0.25) is 0 Å². The Labute approximate surface area is 110 Å². The Hall–Kier alpha value is -0.483. The number of hydrogen-bond acceptors (Lipinski definition) is 0. The molecule has 98 valence electrons. The minimum atomic E-state index is -0.874. The summed E-state index contributed by atoms with van der Waals surface area (Å²) in [5, 5.41) is 0. The maximum absolute atomic E-state index is 3.28. The zero-order valence-electron chi connectivity index (χ0n) is 12.3. The predicted octanol–water partition coefficient (Wildman–Crippen LogP) is 5.63. The van der Waals surface area contributed by atoms with E-state index in [4.69, 9.17) is 0 Å². The van der Waals surface area contributed by atoms with Crippen LogP contribution in [0.4, 0.5) is 0 Å². The van der Waals surface area contributed by atoms with Crippen molar-refractivity contribution in [2.45, 2.75) is 77.6 Å². The number of rotatable bonds is 8. The molecule has 0 N–H and O–H groups in total. The normalized spacial score (nSPS) is 11.5. The van der Waals surface area contributed by atoms with Gasteiger partial charge in [-0.25, -0.2) is 0 Å². The lowest BCUT2D eigenvalue weighted by Gasteiger charge is -2.11. The van der Waals surface area contributed by atoms with Crippen molar-refractivity contribution in [2.75, 3.05) is 0 Å². The summed E-state index contributed by atoms with van der Waals surface area (Å²) in [5.41, 5.74) is 0. The molecule has 0 bridgehead atoms. The van der Waals surface area contributed by atoms with E-state index in [-0.39, 0.29) is 0 Å². The highest BCUT2D eigenvalue weighted by Crippen LogP contribution is 2.08. The van der Waals surface area contributed by atoms with Gasteiger partial charge in [0.1, 0.15) is 0 Å². The molecule has 1 heteroatoms. The average molecular weight is 251 g/mol. The molecule has 0 spiro atoms. The molecule has 17 heavy (non-hydrogen) atoms. The van der Waals surface area contributed by atoms with Gasteiger partial charge < -0.3 is 0 Å². The molecule has 0 radical (unpaired) electrons. The third kappa shape index (κ3) is 15.5. The molecule has 0 aliphatic rings. The molecule has 0 saturated carbocycles. The Morgan fingerprint density at radius 1 is 0.882 bits per heavy atom. The Morgan fingerprint density at radius 2 is 1.59 bits per heavy atom. The summed E-state index contributed by atoms with van der Waals surface area (Å²) in [6, 6.07) is 1.30. The first-order chi connectivity index (χ1) is 8.06. The van der Waals surface area contributed by atoms with Gasteiger partial charge >= 0.3 is 0 Å². The van der Waals surface area contributed by atoms with Crippen molar-refractivity contribution in [3.8, 4) is 11.8 Å². The van der Waals surface area contributed by atoms with Crippen LogP contribution in [0.1, 0.15) is 51.9 Å². The van der Waals surface area contributed by atoms with Crippen LogP contribution in [0.3, 0.4) is 0 Å². The van der Waals surface area contributed by atoms with Crippen molar-refractivity contribution in [1.29, 1.82) is 0 Å². The minimum absolute atomic E-state index is 0.874. The van der Waals surface area contributed by atoms with Gasteiger partial charge in [0.25, 0.3) is 0 Å². The largest absolute Gasteiger partial charge is 0.103 e. The van der Waals surface area contributed by atoms with Gasteiger partial charge in [0.05, 0.1) is 0 Å². The van der Waals surface area contributed by atoms with E-state index in [1.54, 1.807) is 0 Å². The lowest BCUT2D eigenvalue weighted by molar-refractivity contribution is 0.679. The Kier molecular flexibility index (Phi) is 10.4. The molecule has 0 aliphatic heterocycles. The second-order valence-electron chi connectivity index (χ2n) is 5.94. The van der Waals surface area contributed by atoms with Gasteiger partial charge in [-0.15, -0.1) is 11.8 Å². The van der Waals surface area contributed by atoms with Crippen LogP contribution in [0.5, 0.6) is 0 Å². The summed E-state index contributed by atoms with van der Waals surface area (Å²) in [7, 11) is -0.874. The fourth-order valence-electron chi connectivity index (χ4n) is 1.53. The van der Waals surface area contributed by atoms with Gasteiger partial charge in [0.15, 0.2) is 0 Å². The van der Waals surface area contributed by atoms with Gasteiger partial charge in [-0.1, -0.05) is 58.0 Å². The molecule has 0 unspecified atom stereocenters. The maximum atomic E-state index is 3.28. The van der Waals surface area contributed by atoms with Crippen molar-refractivity contribution in [3.63, 3.8) is 0 Å². The van der Waals surface area contributed by atoms with Crippen molar-refractivity contribution in [2.24, 2.45) is 0 Å². The summed E-state index contributed by atoms with van der Waals surface area (Å²) in [6.07, 6.45) is 13.2. The number of hydrogen-bond donors (Lipinski definition) is 0. The van der Waals surface area contributed by atoms with E-state index in [2.05, 4.69) is 50.6 Å². The van der Waals surface area contributed by atoms with E-state index in [1.807, 2.05) is 0 Å². The quantitative estimate of drug-likeness (QED) is 0.226. The molecule has 0 amide bonds. The summed E-state index contributed by atoms with van der Waals surface area (Å²) in [5.74, 6) is 6.55. The standard InChI is InChI=1S/C16H30Si/c1-5-6-7-8-9-10-11-12-13-14-15-16-17(2,3)4/h14-15H,5-9,12-13,16H2,1-4H3/b15-14+. The summed E-state index contributed by atoms with van der Waals surface area (Å²) in [6.45, 7) is 9.48. The monoisotopic (exact) mass is 250 g/mol. The first kappa shape index (κ1) is 16.5. The van der Waals surface area contributed by atoms with E-state index in [1.165, 1.54) is 31.7 Å². The summed E-state index contributed by atoms with van der Waals surface area (Å²) >= 11 is 0. The Bertz CT molecular complexity index is 247. The van der Waals surface area contributed by atoms with E-state index >= 15 is 0 Å². The Morgan fingerprint density at radius 3 is 2.24 bits per heavy atom. The van der Waals surface area contributed by atoms with Crippen LogP contribution in [0.15, 0.2) is 12.2 Å². The molecule has 0 heterocycles. The smallest absolute Gasteiger partial charge is 0.0480 e. The van der Waals surface area contributed by atoms with Crippen LogP contribution in [0, 0.1) is 11.8 Å². The fourth-order valence-corrected chi connectivity index (χ4v) is 2.40.